The summed E-state index contributed by atoms with van der Waals surface area (Å²) >= 11 is 0. The highest BCUT2D eigenvalue weighted by atomic mass is 35.5. The maximum absolute atomic E-state index is 9.49. The van der Waals surface area contributed by atoms with Crippen LogP contribution in [0.5, 0.6) is 0 Å². The van der Waals surface area contributed by atoms with Crippen molar-refractivity contribution in [2.24, 2.45) is 5.41 Å². The quantitative estimate of drug-likeness (QED) is 0.504. The van der Waals surface area contributed by atoms with Crippen molar-refractivity contribution in [3.8, 4) is 0 Å². The van der Waals surface area contributed by atoms with E-state index in [0.717, 1.165) is 25.9 Å². The molecule has 0 aromatic heterocycles. The number of nitrogens with one attached hydrogen (secondary N) is 1. The summed E-state index contributed by atoms with van der Waals surface area (Å²) in [5.74, 6) is 0. The lowest BCUT2D eigenvalue weighted by molar-refractivity contribution is -0.175. The van der Waals surface area contributed by atoms with Gasteiger partial charge in [0.25, 0.3) is 0 Å². The van der Waals surface area contributed by atoms with Gasteiger partial charge in [-0.1, -0.05) is 0 Å². The molecule has 0 amide bonds. The molecule has 2 rings (SSSR count). The summed E-state index contributed by atoms with van der Waals surface area (Å²) in [4.78, 5) is 0. The lowest BCUT2D eigenvalue weighted by Gasteiger charge is -2.53. The van der Waals surface area contributed by atoms with E-state index in [1.165, 1.54) is 0 Å². The fraction of sp³-hybridized carbons (Fsp3) is 1.00. The molecule has 0 aromatic carbocycles. The molecule has 1 heterocycles. The summed E-state index contributed by atoms with van der Waals surface area (Å²) in [6.45, 7) is 1.82. The Labute approximate surface area is 78.6 Å². The van der Waals surface area contributed by atoms with Gasteiger partial charge in [-0.05, 0) is 19.4 Å². The maximum Gasteiger partial charge on any atom is 0.0658 e. The summed E-state index contributed by atoms with van der Waals surface area (Å²) in [7, 11) is 0. The lowest BCUT2D eigenvalue weighted by Crippen LogP contribution is -2.63. The summed E-state index contributed by atoms with van der Waals surface area (Å²) in [5, 5.41) is 22.2. The first kappa shape index (κ1) is 10.3. The van der Waals surface area contributed by atoms with E-state index < -0.39 is 0 Å². The molecule has 0 aromatic rings. The molecule has 1 aliphatic heterocycles. The van der Waals surface area contributed by atoms with E-state index in [9.17, 15) is 10.2 Å². The molecule has 0 bridgehead atoms. The molecule has 4 heteroatoms. The second-order valence-electron chi connectivity index (χ2n) is 3.78. The van der Waals surface area contributed by atoms with E-state index >= 15 is 0 Å². The van der Waals surface area contributed by atoms with Crippen LogP contribution >= 0.6 is 12.4 Å². The average molecular weight is 194 g/mol. The van der Waals surface area contributed by atoms with Gasteiger partial charge in [0.1, 0.15) is 0 Å². The van der Waals surface area contributed by atoms with Gasteiger partial charge < -0.3 is 15.5 Å². The Morgan fingerprint density at radius 3 is 2.25 bits per heavy atom. The van der Waals surface area contributed by atoms with Crippen molar-refractivity contribution < 1.29 is 10.2 Å². The smallest absolute Gasteiger partial charge is 0.0658 e. The molecule has 1 aliphatic carbocycles. The van der Waals surface area contributed by atoms with Crippen LogP contribution in [-0.2, 0) is 0 Å². The van der Waals surface area contributed by atoms with E-state index in [-0.39, 0.29) is 30.0 Å². The van der Waals surface area contributed by atoms with Crippen LogP contribution < -0.4 is 5.32 Å². The Hall–Kier alpha value is 0.170. The number of aliphatic hydroxyl groups is 2. The number of hydrogen-bond acceptors (Lipinski definition) is 3. The van der Waals surface area contributed by atoms with Crippen LogP contribution in [0.1, 0.15) is 19.3 Å². The third-order valence-electron chi connectivity index (χ3n) is 3.22. The Morgan fingerprint density at radius 2 is 1.92 bits per heavy atom. The largest absolute Gasteiger partial charge is 0.392 e. The van der Waals surface area contributed by atoms with E-state index in [4.69, 9.17) is 0 Å². The third kappa shape index (κ3) is 1.25. The normalized spacial score (nSPS) is 46.5. The van der Waals surface area contributed by atoms with Gasteiger partial charge in [-0.3, -0.25) is 0 Å². The van der Waals surface area contributed by atoms with Gasteiger partial charge in [-0.25, -0.2) is 0 Å². The fourth-order valence-corrected chi connectivity index (χ4v) is 2.26. The molecule has 2 unspecified atom stereocenters. The SMILES string of the molecule is Cl.OC1CC(O)C12CCCNC2. The summed E-state index contributed by atoms with van der Waals surface area (Å²) in [6.07, 6.45) is 2.08. The molecular weight excluding hydrogens is 178 g/mol. The molecule has 3 nitrogen and oxygen atoms in total. The number of rotatable bonds is 0. The number of hydrogen-bond donors (Lipinski definition) is 3. The molecule has 1 spiro atoms. The highest BCUT2D eigenvalue weighted by molar-refractivity contribution is 5.85. The van der Waals surface area contributed by atoms with Crippen molar-refractivity contribution in [2.75, 3.05) is 13.1 Å². The predicted molar refractivity (Wildman–Crippen MR) is 48.4 cm³/mol. The van der Waals surface area contributed by atoms with Crippen LogP contribution in [0.15, 0.2) is 0 Å². The zero-order valence-electron chi connectivity index (χ0n) is 6.99. The molecule has 2 aliphatic rings. The highest BCUT2D eigenvalue weighted by Gasteiger charge is 2.53. The van der Waals surface area contributed by atoms with Crippen molar-refractivity contribution in [2.45, 2.75) is 31.5 Å². The minimum Gasteiger partial charge on any atom is -0.392 e. The summed E-state index contributed by atoms with van der Waals surface area (Å²) in [5.41, 5.74) is -0.182. The van der Waals surface area contributed by atoms with E-state index in [1.807, 2.05) is 0 Å². The highest BCUT2D eigenvalue weighted by Crippen LogP contribution is 2.45. The zero-order chi connectivity index (χ0) is 7.90. The van der Waals surface area contributed by atoms with Crippen molar-refractivity contribution >= 4 is 12.4 Å². The van der Waals surface area contributed by atoms with Gasteiger partial charge in [0.2, 0.25) is 0 Å². The van der Waals surface area contributed by atoms with E-state index in [2.05, 4.69) is 5.32 Å². The molecule has 0 radical (unpaired) electrons. The Bertz CT molecular complexity index is 149. The molecule has 12 heavy (non-hydrogen) atoms. The number of aliphatic hydroxyl groups excluding tert-OH is 2. The second-order valence-corrected chi connectivity index (χ2v) is 3.78. The Morgan fingerprint density at radius 1 is 1.25 bits per heavy atom. The number of halogens is 1. The van der Waals surface area contributed by atoms with Crippen LogP contribution in [0, 0.1) is 5.41 Å². The van der Waals surface area contributed by atoms with Gasteiger partial charge in [0.15, 0.2) is 0 Å². The monoisotopic (exact) mass is 193 g/mol. The minimum atomic E-state index is -0.273. The van der Waals surface area contributed by atoms with Crippen molar-refractivity contribution in [1.29, 1.82) is 0 Å². The molecule has 72 valence electrons. The predicted octanol–water partition coefficient (Wildman–Crippen LogP) is -0.0965. The first-order valence-electron chi connectivity index (χ1n) is 4.32. The van der Waals surface area contributed by atoms with E-state index in [0.29, 0.717) is 6.42 Å². The molecule has 2 atom stereocenters. The number of piperidine rings is 1. The molecule has 1 saturated carbocycles. The Kier molecular flexibility index (Phi) is 2.99. The van der Waals surface area contributed by atoms with Crippen LogP contribution in [0.3, 0.4) is 0 Å². The van der Waals surface area contributed by atoms with Crippen molar-refractivity contribution in [3.63, 3.8) is 0 Å². The maximum atomic E-state index is 9.49. The second kappa shape index (κ2) is 3.50. The molecule has 1 saturated heterocycles. The zero-order valence-corrected chi connectivity index (χ0v) is 7.81. The molecular formula is C8H16ClNO2. The van der Waals surface area contributed by atoms with Crippen molar-refractivity contribution in [3.05, 3.63) is 0 Å². The summed E-state index contributed by atoms with van der Waals surface area (Å²) in [6, 6.07) is 0. The fourth-order valence-electron chi connectivity index (χ4n) is 2.26. The average Bonchev–Trinajstić information content (AvgIpc) is 2.07. The Balaban J connectivity index is 0.000000720. The first-order valence-corrected chi connectivity index (χ1v) is 4.32. The topological polar surface area (TPSA) is 52.5 Å². The third-order valence-corrected chi connectivity index (χ3v) is 3.22. The van der Waals surface area contributed by atoms with Crippen LogP contribution in [0.25, 0.3) is 0 Å². The van der Waals surface area contributed by atoms with Gasteiger partial charge in [0, 0.05) is 18.4 Å². The van der Waals surface area contributed by atoms with Crippen LogP contribution in [-0.4, -0.2) is 35.5 Å². The lowest BCUT2D eigenvalue weighted by atomic mass is 9.60. The summed E-state index contributed by atoms with van der Waals surface area (Å²) < 4.78 is 0. The minimum absolute atomic E-state index is 0. The first-order chi connectivity index (χ1) is 5.26. The van der Waals surface area contributed by atoms with Crippen LogP contribution in [0.4, 0.5) is 0 Å². The van der Waals surface area contributed by atoms with Gasteiger partial charge in [-0.15, -0.1) is 12.4 Å². The van der Waals surface area contributed by atoms with Crippen LogP contribution in [0.2, 0.25) is 0 Å². The molecule has 2 fully saturated rings. The van der Waals surface area contributed by atoms with Gasteiger partial charge in [0.05, 0.1) is 12.2 Å². The van der Waals surface area contributed by atoms with Crippen molar-refractivity contribution in [1.82, 2.24) is 5.32 Å². The van der Waals surface area contributed by atoms with Gasteiger partial charge >= 0.3 is 0 Å². The van der Waals surface area contributed by atoms with Gasteiger partial charge in [-0.2, -0.15) is 0 Å². The standard InChI is InChI=1S/C8H15NO2.ClH/c10-6-4-7(11)8(6)2-1-3-9-5-8;/h6-7,9-11H,1-5H2;1H. The molecule has 3 N–H and O–H groups in total. The van der Waals surface area contributed by atoms with E-state index in [1.54, 1.807) is 0 Å².